The molecule has 24 heavy (non-hydrogen) atoms. The molecule has 0 saturated carbocycles. The number of nitrogens with one attached hydrogen (secondary N) is 1. The summed E-state index contributed by atoms with van der Waals surface area (Å²) in [5.74, 6) is 0. The first kappa shape index (κ1) is 21.1. The van der Waals surface area contributed by atoms with Crippen molar-refractivity contribution in [3.8, 4) is 0 Å². The Morgan fingerprint density at radius 3 is 2.54 bits per heavy atom. The summed E-state index contributed by atoms with van der Waals surface area (Å²) in [4.78, 5) is 16.7. The van der Waals surface area contributed by atoms with E-state index in [4.69, 9.17) is 4.74 Å². The number of halogens is 2. The lowest BCUT2D eigenvalue weighted by atomic mass is 10.1. The third-order valence-electron chi connectivity index (χ3n) is 2.98. The Balaban J connectivity index is 0.00000288. The Hall–Kier alpha value is -0.920. The summed E-state index contributed by atoms with van der Waals surface area (Å²) in [7, 11) is 0. The fourth-order valence-corrected chi connectivity index (χ4v) is 3.41. The Labute approximate surface area is 165 Å². The number of alkyl halides is 1. The zero-order valence-corrected chi connectivity index (χ0v) is 17.9. The van der Waals surface area contributed by atoms with Gasteiger partial charge in [-0.15, -0.1) is 11.3 Å². The lowest BCUT2D eigenvalue weighted by Gasteiger charge is -2.23. The van der Waals surface area contributed by atoms with Gasteiger partial charge in [0.15, 0.2) is 0 Å². The number of ether oxygens (including phenoxy) is 1. The third kappa shape index (κ3) is 6.91. The minimum absolute atomic E-state index is 0. The molecule has 0 bridgehead atoms. The SMILES string of the molecule is CC(C)(C)OC(=O)N[C@H](Cc1ccccc1)c1nc(CBr)cs1.[Br-]. The van der Waals surface area contributed by atoms with E-state index in [9.17, 15) is 4.79 Å². The molecule has 1 N–H and O–H groups in total. The van der Waals surface area contributed by atoms with Crippen molar-refractivity contribution >= 4 is 33.4 Å². The van der Waals surface area contributed by atoms with E-state index in [2.05, 4.69) is 26.2 Å². The largest absolute Gasteiger partial charge is 1.00 e. The van der Waals surface area contributed by atoms with E-state index in [0.29, 0.717) is 11.8 Å². The number of carbonyl (C=O) groups excluding carboxylic acids is 1. The molecule has 0 aliphatic rings. The van der Waals surface area contributed by atoms with Crippen LogP contribution in [0.5, 0.6) is 0 Å². The highest BCUT2D eigenvalue weighted by atomic mass is 79.9. The van der Waals surface area contributed by atoms with Crippen LogP contribution < -0.4 is 22.3 Å². The van der Waals surface area contributed by atoms with Crippen molar-refractivity contribution in [3.63, 3.8) is 0 Å². The van der Waals surface area contributed by atoms with Crippen molar-refractivity contribution in [1.29, 1.82) is 0 Å². The first-order valence-corrected chi connectivity index (χ1v) is 9.41. The van der Waals surface area contributed by atoms with Crippen LogP contribution in [-0.2, 0) is 16.5 Å². The number of alkyl carbamates (subject to hydrolysis) is 1. The van der Waals surface area contributed by atoms with Gasteiger partial charge < -0.3 is 27.0 Å². The van der Waals surface area contributed by atoms with Gasteiger partial charge in [0.25, 0.3) is 0 Å². The van der Waals surface area contributed by atoms with Crippen molar-refractivity contribution in [2.24, 2.45) is 0 Å². The van der Waals surface area contributed by atoms with E-state index in [-0.39, 0.29) is 23.0 Å². The number of rotatable bonds is 5. The van der Waals surface area contributed by atoms with Crippen LogP contribution in [0.1, 0.15) is 43.1 Å². The van der Waals surface area contributed by atoms with Crippen LogP contribution in [0, 0.1) is 0 Å². The van der Waals surface area contributed by atoms with Crippen LogP contribution >= 0.6 is 27.3 Å². The van der Waals surface area contributed by atoms with E-state index in [1.165, 1.54) is 0 Å². The van der Waals surface area contributed by atoms with Gasteiger partial charge in [0.05, 0.1) is 11.7 Å². The first-order valence-electron chi connectivity index (χ1n) is 7.41. The van der Waals surface area contributed by atoms with Gasteiger partial charge in [0.1, 0.15) is 10.6 Å². The molecule has 0 aliphatic heterocycles. The normalized spacial score (nSPS) is 12.2. The average molecular weight is 477 g/mol. The quantitative estimate of drug-likeness (QED) is 0.670. The van der Waals surface area contributed by atoms with Crippen molar-refractivity contribution in [2.75, 3.05) is 0 Å². The Kier molecular flexibility index (Phi) is 8.39. The molecule has 1 amide bonds. The van der Waals surface area contributed by atoms with E-state index >= 15 is 0 Å². The molecular formula is C17H21Br2N2O2S-. The smallest absolute Gasteiger partial charge is 0.408 e. The number of hydrogen-bond donors (Lipinski definition) is 1. The van der Waals surface area contributed by atoms with E-state index < -0.39 is 11.7 Å². The summed E-state index contributed by atoms with van der Waals surface area (Å²) in [6.45, 7) is 5.56. The molecule has 0 radical (unpaired) electrons. The summed E-state index contributed by atoms with van der Waals surface area (Å²) >= 11 is 4.96. The third-order valence-corrected chi connectivity index (χ3v) is 4.56. The molecule has 1 atom stereocenters. The molecule has 132 valence electrons. The molecule has 1 aromatic heterocycles. The Bertz CT molecular complexity index is 642. The molecule has 2 aromatic rings. The number of hydrogen-bond acceptors (Lipinski definition) is 4. The van der Waals surface area contributed by atoms with Gasteiger partial charge in [-0.1, -0.05) is 46.3 Å². The van der Waals surface area contributed by atoms with Crippen LogP contribution in [0.25, 0.3) is 0 Å². The first-order chi connectivity index (χ1) is 10.9. The van der Waals surface area contributed by atoms with Gasteiger partial charge in [-0.25, -0.2) is 9.78 Å². The Morgan fingerprint density at radius 2 is 2.00 bits per heavy atom. The zero-order chi connectivity index (χ0) is 16.9. The maximum absolute atomic E-state index is 12.1. The molecule has 0 unspecified atom stereocenters. The van der Waals surface area contributed by atoms with Crippen molar-refractivity contribution in [3.05, 3.63) is 52.0 Å². The molecular weight excluding hydrogens is 456 g/mol. The summed E-state index contributed by atoms with van der Waals surface area (Å²) in [6, 6.07) is 9.85. The predicted molar refractivity (Wildman–Crippen MR) is 97.0 cm³/mol. The van der Waals surface area contributed by atoms with Crippen LogP contribution in [-0.4, -0.2) is 16.7 Å². The lowest BCUT2D eigenvalue weighted by molar-refractivity contribution is -0.0000282. The standard InChI is InChI=1S/C17H21BrN2O2S.BrH/c1-17(2,3)22-16(21)20-14(9-12-7-5-4-6-8-12)15-19-13(10-18)11-23-15;/h4-8,11,14H,9-10H2,1-3H3,(H,20,21);1H/p-1/t14-;/m1./s1. The minimum Gasteiger partial charge on any atom is -1.00 e. The molecule has 0 spiro atoms. The molecule has 4 nitrogen and oxygen atoms in total. The fraction of sp³-hybridized carbons (Fsp3) is 0.412. The van der Waals surface area contributed by atoms with Gasteiger partial charge in [0.2, 0.25) is 0 Å². The maximum atomic E-state index is 12.1. The van der Waals surface area contributed by atoms with Gasteiger partial charge in [-0.2, -0.15) is 0 Å². The number of amides is 1. The number of aromatic nitrogens is 1. The fourth-order valence-electron chi connectivity index (χ4n) is 2.04. The average Bonchev–Trinajstić information content (AvgIpc) is 2.94. The molecule has 2 rings (SSSR count). The minimum atomic E-state index is -0.523. The summed E-state index contributed by atoms with van der Waals surface area (Å²) < 4.78 is 5.38. The zero-order valence-electron chi connectivity index (χ0n) is 13.9. The van der Waals surface area contributed by atoms with Gasteiger partial charge in [-0.3, -0.25) is 0 Å². The highest BCUT2D eigenvalue weighted by Crippen LogP contribution is 2.24. The van der Waals surface area contributed by atoms with E-state index in [0.717, 1.165) is 16.3 Å². The number of carbonyl (C=O) groups is 1. The number of nitrogens with zero attached hydrogens (tertiary/aromatic N) is 1. The van der Waals surface area contributed by atoms with Crippen molar-refractivity contribution < 1.29 is 26.5 Å². The second-order valence-electron chi connectivity index (χ2n) is 6.20. The molecule has 0 aliphatic carbocycles. The second kappa shape index (κ2) is 9.53. The number of benzene rings is 1. The predicted octanol–water partition coefficient (Wildman–Crippen LogP) is 1.85. The highest BCUT2D eigenvalue weighted by Gasteiger charge is 2.22. The van der Waals surface area contributed by atoms with E-state index in [1.54, 1.807) is 11.3 Å². The van der Waals surface area contributed by atoms with Crippen LogP contribution in [0.15, 0.2) is 35.7 Å². The highest BCUT2D eigenvalue weighted by molar-refractivity contribution is 9.08. The van der Waals surface area contributed by atoms with Crippen molar-refractivity contribution in [1.82, 2.24) is 10.3 Å². The lowest BCUT2D eigenvalue weighted by Crippen LogP contribution is -3.00. The summed E-state index contributed by atoms with van der Waals surface area (Å²) in [6.07, 6.45) is 0.254. The van der Waals surface area contributed by atoms with Gasteiger partial charge in [0, 0.05) is 10.7 Å². The van der Waals surface area contributed by atoms with E-state index in [1.807, 2.05) is 56.5 Å². The molecule has 0 saturated heterocycles. The molecule has 7 heteroatoms. The monoisotopic (exact) mass is 475 g/mol. The number of thiazole rings is 1. The van der Waals surface area contributed by atoms with Gasteiger partial charge >= 0.3 is 6.09 Å². The molecule has 1 aromatic carbocycles. The topological polar surface area (TPSA) is 51.2 Å². The van der Waals surface area contributed by atoms with Crippen LogP contribution in [0.3, 0.4) is 0 Å². The van der Waals surface area contributed by atoms with Crippen LogP contribution in [0.2, 0.25) is 0 Å². The second-order valence-corrected chi connectivity index (χ2v) is 7.65. The van der Waals surface area contributed by atoms with Crippen molar-refractivity contribution in [2.45, 2.75) is 44.2 Å². The molecule has 1 heterocycles. The maximum Gasteiger partial charge on any atom is 0.408 e. The van der Waals surface area contributed by atoms with Gasteiger partial charge in [-0.05, 0) is 32.8 Å². The summed E-state index contributed by atoms with van der Waals surface area (Å²) in [5.41, 5.74) is 1.59. The molecule has 0 fully saturated rings. The Morgan fingerprint density at radius 1 is 1.33 bits per heavy atom. The van der Waals surface area contributed by atoms with Crippen LogP contribution in [0.4, 0.5) is 4.79 Å². The summed E-state index contributed by atoms with van der Waals surface area (Å²) in [5, 5.41) is 6.53.